The van der Waals surface area contributed by atoms with Crippen LogP contribution in [0.15, 0.2) is 0 Å². The molecule has 0 aliphatic heterocycles. The highest BCUT2D eigenvalue weighted by Crippen LogP contribution is 2.34. The van der Waals surface area contributed by atoms with Gasteiger partial charge >= 0.3 is 0 Å². The molecule has 2 heteroatoms. The van der Waals surface area contributed by atoms with E-state index in [4.69, 9.17) is 0 Å². The first-order valence-electron chi connectivity index (χ1n) is 6.52. The third-order valence-corrected chi connectivity index (χ3v) is 3.63. The maximum atomic E-state index is 12.1. The summed E-state index contributed by atoms with van der Waals surface area (Å²) in [5, 5.41) is 0. The number of hydrogen-bond donors (Lipinski definition) is 0. The van der Waals surface area contributed by atoms with Crippen molar-refractivity contribution in [2.24, 2.45) is 23.7 Å². The Hall–Kier alpha value is -0.660. The third kappa shape index (κ3) is 2.93. The fourth-order valence-electron chi connectivity index (χ4n) is 2.67. The first kappa shape index (κ1) is 13.4. The molecule has 0 heterocycles. The summed E-state index contributed by atoms with van der Waals surface area (Å²) in [6.07, 6.45) is 4.04. The topological polar surface area (TPSA) is 34.1 Å². The minimum atomic E-state index is 0.00338. The Labute approximate surface area is 98.8 Å². The van der Waals surface area contributed by atoms with Crippen molar-refractivity contribution in [3.8, 4) is 0 Å². The highest BCUT2D eigenvalue weighted by atomic mass is 16.1. The van der Waals surface area contributed by atoms with Crippen LogP contribution in [0.4, 0.5) is 0 Å². The maximum Gasteiger partial charge on any atom is 0.139 e. The molecule has 0 aromatic rings. The fourth-order valence-corrected chi connectivity index (χ4v) is 2.67. The molecule has 1 saturated carbocycles. The number of carbonyl (C=O) groups excluding carboxylic acids is 2. The van der Waals surface area contributed by atoms with E-state index in [9.17, 15) is 9.59 Å². The quantitative estimate of drug-likeness (QED) is 0.734. The van der Waals surface area contributed by atoms with Gasteiger partial charge in [0, 0.05) is 23.7 Å². The number of ketones is 2. The normalized spacial score (nSPS) is 26.1. The second-order valence-corrected chi connectivity index (χ2v) is 5.61. The van der Waals surface area contributed by atoms with Crippen molar-refractivity contribution in [1.29, 1.82) is 0 Å². The van der Waals surface area contributed by atoms with Gasteiger partial charge in [0.15, 0.2) is 0 Å². The van der Waals surface area contributed by atoms with Crippen molar-refractivity contribution < 1.29 is 9.59 Å². The largest absolute Gasteiger partial charge is 0.299 e. The van der Waals surface area contributed by atoms with E-state index in [0.717, 1.165) is 25.7 Å². The van der Waals surface area contributed by atoms with Gasteiger partial charge in [-0.15, -0.1) is 0 Å². The van der Waals surface area contributed by atoms with Crippen LogP contribution >= 0.6 is 0 Å². The van der Waals surface area contributed by atoms with Gasteiger partial charge in [0.2, 0.25) is 0 Å². The summed E-state index contributed by atoms with van der Waals surface area (Å²) in [6.45, 7) is 7.75. The Balaban J connectivity index is 2.79. The van der Waals surface area contributed by atoms with E-state index in [0.29, 0.717) is 11.6 Å². The minimum Gasteiger partial charge on any atom is -0.299 e. The van der Waals surface area contributed by atoms with Crippen molar-refractivity contribution in [2.75, 3.05) is 0 Å². The van der Waals surface area contributed by atoms with Crippen LogP contribution in [-0.2, 0) is 9.59 Å². The number of hydrogen-bond acceptors (Lipinski definition) is 2. The van der Waals surface area contributed by atoms with E-state index < -0.39 is 0 Å². The van der Waals surface area contributed by atoms with Gasteiger partial charge in [0.25, 0.3) is 0 Å². The van der Waals surface area contributed by atoms with Crippen LogP contribution in [0.2, 0.25) is 0 Å². The van der Waals surface area contributed by atoms with Crippen molar-refractivity contribution >= 4 is 11.6 Å². The van der Waals surface area contributed by atoms with E-state index in [1.165, 1.54) is 0 Å². The summed E-state index contributed by atoms with van der Waals surface area (Å²) in [5.74, 6) is 0.709. The molecular weight excluding hydrogens is 200 g/mol. The Morgan fingerprint density at radius 1 is 0.812 bits per heavy atom. The molecule has 1 aliphatic rings. The van der Waals surface area contributed by atoms with Gasteiger partial charge in [-0.2, -0.15) is 0 Å². The molecule has 0 amide bonds. The molecule has 16 heavy (non-hydrogen) atoms. The van der Waals surface area contributed by atoms with Crippen molar-refractivity contribution in [1.82, 2.24) is 0 Å². The van der Waals surface area contributed by atoms with E-state index in [2.05, 4.69) is 0 Å². The highest BCUT2D eigenvalue weighted by molar-refractivity contribution is 5.91. The summed E-state index contributed by atoms with van der Waals surface area (Å²) in [4.78, 5) is 24.2. The molecule has 1 rings (SSSR count). The third-order valence-electron chi connectivity index (χ3n) is 3.63. The van der Waals surface area contributed by atoms with Crippen molar-refractivity contribution in [3.05, 3.63) is 0 Å². The Bertz CT molecular complexity index is 238. The van der Waals surface area contributed by atoms with Crippen LogP contribution in [0, 0.1) is 23.7 Å². The molecule has 1 unspecified atom stereocenters. The monoisotopic (exact) mass is 224 g/mol. The molecule has 1 fully saturated rings. The lowest BCUT2D eigenvalue weighted by molar-refractivity contribution is -0.137. The van der Waals surface area contributed by atoms with Gasteiger partial charge in [-0.25, -0.2) is 0 Å². The summed E-state index contributed by atoms with van der Waals surface area (Å²) in [7, 11) is 0. The molecule has 1 aliphatic carbocycles. The van der Waals surface area contributed by atoms with E-state index in [-0.39, 0.29) is 23.7 Å². The summed E-state index contributed by atoms with van der Waals surface area (Å²) in [5.41, 5.74) is 0. The van der Waals surface area contributed by atoms with Crippen LogP contribution in [0.1, 0.15) is 53.4 Å². The second-order valence-electron chi connectivity index (χ2n) is 5.61. The molecule has 0 N–H and O–H groups in total. The maximum absolute atomic E-state index is 12.1. The molecule has 92 valence electrons. The van der Waals surface area contributed by atoms with Gasteiger partial charge in [-0.05, 0) is 12.8 Å². The molecule has 0 bridgehead atoms. The number of rotatable bonds is 4. The van der Waals surface area contributed by atoms with Gasteiger partial charge < -0.3 is 0 Å². The van der Waals surface area contributed by atoms with Crippen LogP contribution < -0.4 is 0 Å². The number of Topliss-reactive ketones (excluding diaryl/α,β-unsaturated/α-hetero) is 2. The molecule has 0 aromatic carbocycles. The van der Waals surface area contributed by atoms with E-state index in [1.54, 1.807) is 0 Å². The SMILES string of the molecule is CC(C)C(=O)C1CCCC[C@H]1C(=O)C(C)C. The molecule has 0 aromatic heterocycles. The van der Waals surface area contributed by atoms with Crippen LogP contribution in [-0.4, -0.2) is 11.6 Å². The number of carbonyl (C=O) groups is 2. The summed E-state index contributed by atoms with van der Waals surface area (Å²) < 4.78 is 0. The lowest BCUT2D eigenvalue weighted by Gasteiger charge is -2.31. The Morgan fingerprint density at radius 3 is 1.38 bits per heavy atom. The molecule has 0 radical (unpaired) electrons. The van der Waals surface area contributed by atoms with E-state index in [1.807, 2.05) is 27.7 Å². The molecule has 0 spiro atoms. The van der Waals surface area contributed by atoms with Crippen molar-refractivity contribution in [2.45, 2.75) is 53.4 Å². The zero-order valence-corrected chi connectivity index (χ0v) is 11.0. The van der Waals surface area contributed by atoms with Crippen molar-refractivity contribution in [3.63, 3.8) is 0 Å². The summed E-state index contributed by atoms with van der Waals surface area (Å²) >= 11 is 0. The fraction of sp³-hybridized carbons (Fsp3) is 0.857. The zero-order chi connectivity index (χ0) is 12.3. The first-order chi connectivity index (χ1) is 7.45. The first-order valence-corrected chi connectivity index (χ1v) is 6.52. The molecule has 0 saturated heterocycles. The Morgan fingerprint density at radius 2 is 1.12 bits per heavy atom. The predicted octanol–water partition coefficient (Wildman–Crippen LogP) is 3.24. The standard InChI is InChI=1S/C14H24O2/c1-9(2)13(15)11-7-5-6-8-12(11)14(16)10(3)4/h9-12H,5-8H2,1-4H3/t11-,12?/m1/s1. The lowest BCUT2D eigenvalue weighted by atomic mass is 9.71. The molecule has 2 atom stereocenters. The molecular formula is C14H24O2. The average molecular weight is 224 g/mol. The zero-order valence-electron chi connectivity index (χ0n) is 11.0. The van der Waals surface area contributed by atoms with Crippen LogP contribution in [0.25, 0.3) is 0 Å². The Kier molecular flexibility index (Phi) is 4.69. The van der Waals surface area contributed by atoms with E-state index >= 15 is 0 Å². The lowest BCUT2D eigenvalue weighted by Crippen LogP contribution is -2.36. The minimum absolute atomic E-state index is 0.00338. The summed E-state index contributed by atoms with van der Waals surface area (Å²) in [6, 6.07) is 0. The van der Waals surface area contributed by atoms with Gasteiger partial charge in [-0.3, -0.25) is 9.59 Å². The molecule has 2 nitrogen and oxygen atoms in total. The van der Waals surface area contributed by atoms with Crippen LogP contribution in [0.3, 0.4) is 0 Å². The predicted molar refractivity (Wildman–Crippen MR) is 65.1 cm³/mol. The second kappa shape index (κ2) is 5.60. The smallest absolute Gasteiger partial charge is 0.139 e. The van der Waals surface area contributed by atoms with Gasteiger partial charge in [0.05, 0.1) is 0 Å². The van der Waals surface area contributed by atoms with Gasteiger partial charge in [-0.1, -0.05) is 40.5 Å². The van der Waals surface area contributed by atoms with Gasteiger partial charge in [0.1, 0.15) is 11.6 Å². The van der Waals surface area contributed by atoms with Crippen LogP contribution in [0.5, 0.6) is 0 Å². The highest BCUT2D eigenvalue weighted by Gasteiger charge is 2.36. The average Bonchev–Trinajstić information content (AvgIpc) is 2.26.